The summed E-state index contributed by atoms with van der Waals surface area (Å²) in [6.45, 7) is 1.39. The molecular formula is C13H17NO. The largest absolute Gasteiger partial charge is 0.384 e. The predicted octanol–water partition coefficient (Wildman–Crippen LogP) is 1.58. The summed E-state index contributed by atoms with van der Waals surface area (Å²) in [5.74, 6) is 6.08. The molecule has 0 aliphatic carbocycles. The summed E-state index contributed by atoms with van der Waals surface area (Å²) in [5, 5.41) is 0. The third-order valence-corrected chi connectivity index (χ3v) is 2.05. The van der Waals surface area contributed by atoms with E-state index in [0.29, 0.717) is 6.54 Å². The topological polar surface area (TPSA) is 35.2 Å². The van der Waals surface area contributed by atoms with Gasteiger partial charge in [0.05, 0.1) is 6.61 Å². The van der Waals surface area contributed by atoms with Crippen LogP contribution in [0.25, 0.3) is 0 Å². The number of ether oxygens (including phenoxy) is 1. The molecule has 0 spiro atoms. The first-order chi connectivity index (χ1) is 7.36. The number of methoxy groups -OCH3 is 1. The van der Waals surface area contributed by atoms with Crippen LogP contribution in [-0.2, 0) is 11.2 Å². The van der Waals surface area contributed by atoms with E-state index in [1.54, 1.807) is 7.11 Å². The van der Waals surface area contributed by atoms with E-state index in [9.17, 15) is 0 Å². The molecule has 80 valence electrons. The van der Waals surface area contributed by atoms with Gasteiger partial charge < -0.3 is 10.5 Å². The maximum Gasteiger partial charge on any atom is 0.0502 e. The van der Waals surface area contributed by atoms with Crippen LogP contribution >= 0.6 is 0 Å². The Morgan fingerprint density at radius 3 is 2.60 bits per heavy atom. The lowest BCUT2D eigenvalue weighted by Crippen LogP contribution is -1.95. The summed E-state index contributed by atoms with van der Waals surface area (Å²) in [6.07, 6.45) is 1.71. The summed E-state index contributed by atoms with van der Waals surface area (Å²) < 4.78 is 5.01. The Morgan fingerprint density at radius 2 is 2.00 bits per heavy atom. The molecule has 1 aromatic carbocycles. The van der Waals surface area contributed by atoms with Gasteiger partial charge in [-0.1, -0.05) is 24.0 Å². The average molecular weight is 203 g/mol. The van der Waals surface area contributed by atoms with Crippen LogP contribution in [0.4, 0.5) is 0 Å². The van der Waals surface area contributed by atoms with Gasteiger partial charge in [0.15, 0.2) is 0 Å². The summed E-state index contributed by atoms with van der Waals surface area (Å²) >= 11 is 0. The van der Waals surface area contributed by atoms with Gasteiger partial charge in [-0.2, -0.15) is 0 Å². The second-order valence-electron chi connectivity index (χ2n) is 3.28. The zero-order valence-corrected chi connectivity index (χ0v) is 9.12. The zero-order valence-electron chi connectivity index (χ0n) is 9.12. The number of rotatable bonds is 4. The van der Waals surface area contributed by atoms with E-state index in [1.165, 1.54) is 5.56 Å². The molecule has 0 fully saturated rings. The molecule has 15 heavy (non-hydrogen) atoms. The van der Waals surface area contributed by atoms with Crippen LogP contribution in [0.2, 0.25) is 0 Å². The minimum absolute atomic E-state index is 0.624. The van der Waals surface area contributed by atoms with Crippen molar-refractivity contribution in [2.75, 3.05) is 20.3 Å². The molecule has 1 aromatic rings. The number of hydrogen-bond donors (Lipinski definition) is 1. The Hall–Kier alpha value is -1.30. The number of benzene rings is 1. The molecule has 2 nitrogen and oxygen atoms in total. The monoisotopic (exact) mass is 203 g/mol. The molecule has 0 saturated carbocycles. The third-order valence-electron chi connectivity index (χ3n) is 2.05. The van der Waals surface area contributed by atoms with Crippen LogP contribution < -0.4 is 5.73 Å². The highest BCUT2D eigenvalue weighted by Gasteiger charge is 1.92. The molecule has 0 atom stereocenters. The lowest BCUT2D eigenvalue weighted by atomic mass is 10.1. The highest BCUT2D eigenvalue weighted by molar-refractivity contribution is 5.36. The highest BCUT2D eigenvalue weighted by atomic mass is 16.5. The first kappa shape index (κ1) is 11.8. The third kappa shape index (κ3) is 4.64. The summed E-state index contributed by atoms with van der Waals surface area (Å²) in [7, 11) is 1.71. The van der Waals surface area contributed by atoms with Crippen LogP contribution in [0.1, 0.15) is 17.5 Å². The van der Waals surface area contributed by atoms with Gasteiger partial charge in [-0.05, 0) is 24.1 Å². The van der Waals surface area contributed by atoms with Gasteiger partial charge in [-0.15, -0.1) is 0 Å². The SMILES string of the molecule is COCCc1ccc(C#CCCN)cc1. The molecule has 0 aromatic heterocycles. The minimum Gasteiger partial charge on any atom is -0.384 e. The van der Waals surface area contributed by atoms with E-state index in [-0.39, 0.29) is 0 Å². The second-order valence-corrected chi connectivity index (χ2v) is 3.28. The normalized spacial score (nSPS) is 9.47. The summed E-state index contributed by atoms with van der Waals surface area (Å²) in [4.78, 5) is 0. The minimum atomic E-state index is 0.624. The van der Waals surface area contributed by atoms with Gasteiger partial charge in [0.2, 0.25) is 0 Å². The number of hydrogen-bond acceptors (Lipinski definition) is 2. The molecule has 2 heteroatoms. The molecule has 0 amide bonds. The van der Waals surface area contributed by atoms with Crippen molar-refractivity contribution >= 4 is 0 Å². The van der Waals surface area contributed by atoms with Crippen LogP contribution in [0.3, 0.4) is 0 Å². The van der Waals surface area contributed by atoms with E-state index < -0.39 is 0 Å². The van der Waals surface area contributed by atoms with Crippen LogP contribution in [0.5, 0.6) is 0 Å². The van der Waals surface area contributed by atoms with Crippen molar-refractivity contribution in [3.8, 4) is 11.8 Å². The zero-order chi connectivity index (χ0) is 10.9. The number of nitrogens with two attached hydrogens (primary N) is 1. The van der Waals surface area contributed by atoms with Crippen molar-refractivity contribution in [1.82, 2.24) is 0 Å². The van der Waals surface area contributed by atoms with Gasteiger partial charge in [-0.25, -0.2) is 0 Å². The molecular weight excluding hydrogens is 186 g/mol. The first-order valence-electron chi connectivity index (χ1n) is 5.13. The molecule has 0 aliphatic rings. The van der Waals surface area contributed by atoms with Crippen LogP contribution in [0, 0.1) is 11.8 Å². The standard InChI is InChI=1S/C13H17NO/c1-15-11-9-13-7-5-12(6-8-13)4-2-3-10-14/h5-8H,3,9-11,14H2,1H3. The van der Waals surface area contributed by atoms with Crippen LogP contribution in [-0.4, -0.2) is 20.3 Å². The Balaban J connectivity index is 2.53. The lowest BCUT2D eigenvalue weighted by Gasteiger charge is -1.99. The van der Waals surface area contributed by atoms with Crippen molar-refractivity contribution in [3.05, 3.63) is 35.4 Å². The quantitative estimate of drug-likeness (QED) is 0.754. The van der Waals surface area contributed by atoms with Crippen molar-refractivity contribution in [3.63, 3.8) is 0 Å². The molecule has 2 N–H and O–H groups in total. The van der Waals surface area contributed by atoms with Crippen molar-refractivity contribution in [1.29, 1.82) is 0 Å². The predicted molar refractivity (Wildman–Crippen MR) is 62.6 cm³/mol. The molecule has 0 unspecified atom stereocenters. The van der Waals surface area contributed by atoms with Crippen molar-refractivity contribution < 1.29 is 4.74 Å². The molecule has 0 saturated heterocycles. The fourth-order valence-electron chi connectivity index (χ4n) is 1.21. The Bertz CT molecular complexity index is 332. The van der Waals surface area contributed by atoms with E-state index in [2.05, 4.69) is 24.0 Å². The second kappa shape index (κ2) is 7.05. The first-order valence-corrected chi connectivity index (χ1v) is 5.13. The van der Waals surface area contributed by atoms with Gasteiger partial charge in [0, 0.05) is 25.6 Å². The Labute approximate surface area is 91.4 Å². The molecule has 0 bridgehead atoms. The fourth-order valence-corrected chi connectivity index (χ4v) is 1.21. The Kier molecular flexibility index (Phi) is 5.54. The Morgan fingerprint density at radius 1 is 1.27 bits per heavy atom. The van der Waals surface area contributed by atoms with Crippen molar-refractivity contribution in [2.24, 2.45) is 5.73 Å². The summed E-state index contributed by atoms with van der Waals surface area (Å²) in [6, 6.07) is 8.25. The molecule has 0 radical (unpaired) electrons. The van der Waals surface area contributed by atoms with E-state index in [4.69, 9.17) is 10.5 Å². The molecule has 1 rings (SSSR count). The smallest absolute Gasteiger partial charge is 0.0502 e. The highest BCUT2D eigenvalue weighted by Crippen LogP contribution is 2.04. The van der Waals surface area contributed by atoms with E-state index in [0.717, 1.165) is 25.0 Å². The van der Waals surface area contributed by atoms with E-state index in [1.807, 2.05) is 12.1 Å². The lowest BCUT2D eigenvalue weighted by molar-refractivity contribution is 0.202. The van der Waals surface area contributed by atoms with E-state index >= 15 is 0 Å². The average Bonchev–Trinajstić information content (AvgIpc) is 2.28. The van der Waals surface area contributed by atoms with Crippen molar-refractivity contribution in [2.45, 2.75) is 12.8 Å². The molecule has 0 aliphatic heterocycles. The van der Waals surface area contributed by atoms with Gasteiger partial charge >= 0.3 is 0 Å². The summed E-state index contributed by atoms with van der Waals surface area (Å²) in [5.41, 5.74) is 7.68. The molecule has 0 heterocycles. The fraction of sp³-hybridized carbons (Fsp3) is 0.385. The van der Waals surface area contributed by atoms with Crippen LogP contribution in [0.15, 0.2) is 24.3 Å². The maximum atomic E-state index is 5.36. The van der Waals surface area contributed by atoms with Gasteiger partial charge in [-0.3, -0.25) is 0 Å². The maximum absolute atomic E-state index is 5.36. The van der Waals surface area contributed by atoms with Gasteiger partial charge in [0.1, 0.15) is 0 Å². The van der Waals surface area contributed by atoms with Gasteiger partial charge in [0.25, 0.3) is 0 Å².